The molecule has 0 amide bonds. The first-order valence-corrected chi connectivity index (χ1v) is 11.7. The lowest BCUT2D eigenvalue weighted by atomic mass is 9.99. The molecule has 0 N–H and O–H groups in total. The summed E-state index contributed by atoms with van der Waals surface area (Å²) in [4.78, 5) is 26.6. The van der Waals surface area contributed by atoms with Crippen molar-refractivity contribution in [3.05, 3.63) is 144 Å². The predicted octanol–water partition coefficient (Wildman–Crippen LogP) is 6.66. The fourth-order valence-corrected chi connectivity index (χ4v) is 3.88. The van der Waals surface area contributed by atoms with E-state index in [4.69, 9.17) is 9.47 Å². The number of Topliss-reactive ketones (excluding diaryl/α,β-unsaturated/α-hetero) is 2. The van der Waals surface area contributed by atoms with Crippen molar-refractivity contribution in [2.45, 2.75) is 25.2 Å². The summed E-state index contributed by atoms with van der Waals surface area (Å²) in [6.07, 6.45) is -2.00. The molecule has 0 bridgehead atoms. The van der Waals surface area contributed by atoms with Crippen molar-refractivity contribution in [1.82, 2.24) is 0 Å². The van der Waals surface area contributed by atoms with E-state index >= 15 is 0 Å². The Morgan fingerprint density at radius 1 is 0.571 bits per heavy atom. The lowest BCUT2D eigenvalue weighted by molar-refractivity contribution is -0.0533. The van der Waals surface area contributed by atoms with Gasteiger partial charge in [-0.1, -0.05) is 121 Å². The predicted molar refractivity (Wildman–Crippen MR) is 136 cm³/mol. The third-order valence-corrected chi connectivity index (χ3v) is 5.66. The van der Waals surface area contributed by atoms with Gasteiger partial charge in [-0.2, -0.15) is 0 Å². The molecule has 0 aliphatic rings. The molecule has 4 heteroatoms. The van der Waals surface area contributed by atoms with E-state index in [0.717, 1.165) is 11.1 Å². The Morgan fingerprint density at radius 2 is 0.943 bits per heavy atom. The van der Waals surface area contributed by atoms with Crippen LogP contribution in [-0.2, 0) is 9.47 Å². The van der Waals surface area contributed by atoms with Gasteiger partial charge in [-0.15, -0.1) is 0 Å². The molecule has 4 aromatic rings. The molecule has 4 aromatic carbocycles. The molecule has 4 rings (SSSR count). The smallest absolute Gasteiger partial charge is 0.196 e. The van der Waals surface area contributed by atoms with Gasteiger partial charge in [0.05, 0.1) is 12.7 Å². The lowest BCUT2D eigenvalue weighted by Gasteiger charge is -2.24. The largest absolute Gasteiger partial charge is 0.363 e. The van der Waals surface area contributed by atoms with Crippen LogP contribution in [0.25, 0.3) is 0 Å². The average molecular weight is 465 g/mol. The summed E-state index contributed by atoms with van der Waals surface area (Å²) in [5, 5.41) is 0. The van der Waals surface area contributed by atoms with Gasteiger partial charge in [-0.25, -0.2) is 0 Å². The monoisotopic (exact) mass is 464 g/mol. The van der Waals surface area contributed by atoms with Crippen LogP contribution in [0.5, 0.6) is 0 Å². The highest BCUT2D eigenvalue weighted by atomic mass is 16.5. The number of carbonyl (C=O) groups excluding carboxylic acids is 2. The molecule has 0 aliphatic heterocycles. The Hall–Kier alpha value is -3.86. The minimum Gasteiger partial charge on any atom is -0.363 e. The minimum absolute atomic E-state index is 0.121. The van der Waals surface area contributed by atoms with Crippen LogP contribution in [0.4, 0.5) is 0 Å². The van der Waals surface area contributed by atoms with Crippen molar-refractivity contribution in [3.63, 3.8) is 0 Å². The van der Waals surface area contributed by atoms with Crippen molar-refractivity contribution in [3.8, 4) is 0 Å². The van der Waals surface area contributed by atoms with E-state index in [9.17, 15) is 9.59 Å². The molecule has 3 atom stereocenters. The fraction of sp³-hybridized carbons (Fsp3) is 0.161. The number of carbonyl (C=O) groups is 2. The first-order valence-electron chi connectivity index (χ1n) is 11.7. The van der Waals surface area contributed by atoms with Gasteiger partial charge < -0.3 is 9.47 Å². The normalized spacial score (nSPS) is 13.5. The summed E-state index contributed by atoms with van der Waals surface area (Å²) in [5.74, 6) is -0.243. The number of hydrogen-bond donors (Lipinski definition) is 0. The summed E-state index contributed by atoms with van der Waals surface area (Å²) >= 11 is 0. The first kappa shape index (κ1) is 24.3. The van der Waals surface area contributed by atoms with Crippen LogP contribution in [-0.4, -0.2) is 24.3 Å². The van der Waals surface area contributed by atoms with E-state index in [2.05, 4.69) is 0 Å². The van der Waals surface area contributed by atoms with Crippen LogP contribution in [0, 0.1) is 0 Å². The maximum absolute atomic E-state index is 13.3. The van der Waals surface area contributed by atoms with Crippen LogP contribution in [0.3, 0.4) is 0 Å². The van der Waals surface area contributed by atoms with E-state index in [1.807, 2.05) is 104 Å². The van der Waals surface area contributed by atoms with Crippen molar-refractivity contribution in [2.24, 2.45) is 0 Å². The first-order chi connectivity index (χ1) is 17.1. The molecule has 0 spiro atoms. The number of ketones is 2. The molecule has 0 fully saturated rings. The summed E-state index contributed by atoms with van der Waals surface area (Å²) in [6, 6.07) is 37.1. The van der Waals surface area contributed by atoms with E-state index in [1.54, 1.807) is 24.3 Å². The molecule has 0 aromatic heterocycles. The molecular weight excluding hydrogens is 436 g/mol. The standard InChI is InChI=1S/C31H28O4/c1-23(35-31(27-20-12-5-13-21-27)29(33)25-16-8-3-9-17-25)22-34-30(26-18-10-4-11-19-26)28(32)24-14-6-2-7-15-24/h2-21,23,30-31H,22H2,1H3. The third-order valence-electron chi connectivity index (χ3n) is 5.66. The van der Waals surface area contributed by atoms with Crippen LogP contribution in [0.1, 0.15) is 51.0 Å². The fourth-order valence-electron chi connectivity index (χ4n) is 3.88. The van der Waals surface area contributed by atoms with E-state index in [-0.39, 0.29) is 18.2 Å². The Kier molecular flexibility index (Phi) is 8.34. The second kappa shape index (κ2) is 12.0. The molecule has 3 unspecified atom stereocenters. The number of benzene rings is 4. The second-order valence-corrected chi connectivity index (χ2v) is 8.32. The van der Waals surface area contributed by atoms with Gasteiger partial charge in [0.1, 0.15) is 12.2 Å². The summed E-state index contributed by atoms with van der Waals surface area (Å²) in [5.41, 5.74) is 2.70. The SMILES string of the molecule is CC(COC(C(=O)c1ccccc1)c1ccccc1)OC(C(=O)c1ccccc1)c1ccccc1. The zero-order valence-electron chi connectivity index (χ0n) is 19.6. The van der Waals surface area contributed by atoms with E-state index in [1.165, 1.54) is 0 Å². The highest BCUT2D eigenvalue weighted by Crippen LogP contribution is 2.26. The van der Waals surface area contributed by atoms with Crippen LogP contribution >= 0.6 is 0 Å². The lowest BCUT2D eigenvalue weighted by Crippen LogP contribution is -2.27. The van der Waals surface area contributed by atoms with Gasteiger partial charge in [0, 0.05) is 11.1 Å². The summed E-state index contributed by atoms with van der Waals surface area (Å²) < 4.78 is 12.4. The molecule has 0 radical (unpaired) electrons. The molecule has 0 heterocycles. The zero-order chi connectivity index (χ0) is 24.5. The van der Waals surface area contributed by atoms with Gasteiger partial charge >= 0.3 is 0 Å². The molecule has 0 aliphatic carbocycles. The molecule has 4 nitrogen and oxygen atoms in total. The number of rotatable bonds is 11. The Balaban J connectivity index is 1.51. The van der Waals surface area contributed by atoms with Crippen molar-refractivity contribution >= 4 is 11.6 Å². The van der Waals surface area contributed by atoms with Gasteiger partial charge in [-0.3, -0.25) is 9.59 Å². The van der Waals surface area contributed by atoms with Gasteiger partial charge in [0.2, 0.25) is 0 Å². The topological polar surface area (TPSA) is 52.6 Å². The Labute approximate surface area is 206 Å². The molecule has 0 saturated heterocycles. The van der Waals surface area contributed by atoms with Crippen LogP contribution in [0.2, 0.25) is 0 Å². The molecule has 176 valence electrons. The zero-order valence-corrected chi connectivity index (χ0v) is 19.6. The third kappa shape index (κ3) is 6.38. The molecule has 0 saturated carbocycles. The van der Waals surface area contributed by atoms with Crippen molar-refractivity contribution in [1.29, 1.82) is 0 Å². The molecular formula is C31H28O4. The van der Waals surface area contributed by atoms with E-state index < -0.39 is 18.3 Å². The Bertz CT molecular complexity index is 1210. The van der Waals surface area contributed by atoms with Crippen molar-refractivity contribution in [2.75, 3.05) is 6.61 Å². The second-order valence-electron chi connectivity index (χ2n) is 8.32. The highest BCUT2D eigenvalue weighted by molar-refractivity contribution is 6.00. The number of ether oxygens (including phenoxy) is 2. The van der Waals surface area contributed by atoms with Crippen molar-refractivity contribution < 1.29 is 19.1 Å². The van der Waals surface area contributed by atoms with Crippen LogP contribution < -0.4 is 0 Å². The maximum Gasteiger partial charge on any atom is 0.196 e. The van der Waals surface area contributed by atoms with Gasteiger partial charge in [0.25, 0.3) is 0 Å². The Morgan fingerprint density at radius 3 is 1.40 bits per heavy atom. The summed E-state index contributed by atoms with van der Waals surface area (Å²) in [7, 11) is 0. The van der Waals surface area contributed by atoms with Gasteiger partial charge in [-0.05, 0) is 18.1 Å². The molecule has 35 heavy (non-hydrogen) atoms. The minimum atomic E-state index is -0.780. The maximum atomic E-state index is 13.3. The van der Waals surface area contributed by atoms with E-state index in [0.29, 0.717) is 11.1 Å². The quantitative estimate of drug-likeness (QED) is 0.233. The van der Waals surface area contributed by atoms with Crippen LogP contribution in [0.15, 0.2) is 121 Å². The summed E-state index contributed by atoms with van der Waals surface area (Å²) in [6.45, 7) is 1.99. The number of hydrogen-bond acceptors (Lipinski definition) is 4. The highest BCUT2D eigenvalue weighted by Gasteiger charge is 2.27. The van der Waals surface area contributed by atoms with Gasteiger partial charge in [0.15, 0.2) is 11.6 Å². The average Bonchev–Trinajstić information content (AvgIpc) is 2.93.